The number of likely N-dealkylation sites (tertiary alicyclic amines) is 1. The van der Waals surface area contributed by atoms with Crippen molar-refractivity contribution in [3.05, 3.63) is 35.8 Å². The molecule has 96 valence electrons. The Bertz CT molecular complexity index is 526. The molecule has 1 saturated heterocycles. The lowest BCUT2D eigenvalue weighted by molar-refractivity contribution is 0.342. The highest BCUT2D eigenvalue weighted by Crippen LogP contribution is 2.12. The molecule has 2 aromatic heterocycles. The van der Waals surface area contributed by atoms with Crippen molar-refractivity contribution in [1.29, 1.82) is 0 Å². The van der Waals surface area contributed by atoms with Gasteiger partial charge in [-0.1, -0.05) is 6.07 Å². The Morgan fingerprint density at radius 2 is 2.06 bits per heavy atom. The molecule has 3 heterocycles. The summed E-state index contributed by atoms with van der Waals surface area (Å²) in [6.07, 6.45) is 5.87. The fourth-order valence-electron chi connectivity index (χ4n) is 2.68. The second-order valence-electron chi connectivity index (χ2n) is 4.98. The highest BCUT2D eigenvalue weighted by atomic mass is 15.1. The van der Waals surface area contributed by atoms with Gasteiger partial charge in [0.05, 0.1) is 5.69 Å². The molecule has 2 N–H and O–H groups in total. The number of imidazole rings is 1. The number of hydrogen-bond donors (Lipinski definition) is 1. The van der Waals surface area contributed by atoms with Crippen molar-refractivity contribution in [1.82, 2.24) is 14.3 Å². The SMILES string of the molecule is NCc1cccc2nc(CCN3CCCC3)cn12. The summed E-state index contributed by atoms with van der Waals surface area (Å²) >= 11 is 0. The highest BCUT2D eigenvalue weighted by molar-refractivity contribution is 5.41. The summed E-state index contributed by atoms with van der Waals surface area (Å²) in [5.41, 5.74) is 9.04. The lowest BCUT2D eigenvalue weighted by Gasteiger charge is -2.12. The molecule has 0 unspecified atom stereocenters. The molecule has 0 radical (unpaired) electrons. The van der Waals surface area contributed by atoms with Gasteiger partial charge >= 0.3 is 0 Å². The molecule has 0 spiro atoms. The number of nitrogens with zero attached hydrogens (tertiary/aromatic N) is 3. The van der Waals surface area contributed by atoms with E-state index in [0.717, 1.165) is 24.3 Å². The summed E-state index contributed by atoms with van der Waals surface area (Å²) in [6, 6.07) is 6.12. The van der Waals surface area contributed by atoms with Gasteiger partial charge in [-0.2, -0.15) is 0 Å². The molecular weight excluding hydrogens is 224 g/mol. The first kappa shape index (κ1) is 11.7. The van der Waals surface area contributed by atoms with Crippen LogP contribution in [0.2, 0.25) is 0 Å². The van der Waals surface area contributed by atoms with E-state index in [1.165, 1.54) is 31.6 Å². The molecule has 18 heavy (non-hydrogen) atoms. The first-order valence-electron chi connectivity index (χ1n) is 6.75. The fourth-order valence-corrected chi connectivity index (χ4v) is 2.68. The van der Waals surface area contributed by atoms with Crippen LogP contribution in [0, 0.1) is 0 Å². The van der Waals surface area contributed by atoms with E-state index < -0.39 is 0 Å². The van der Waals surface area contributed by atoms with Gasteiger partial charge in [0, 0.05) is 31.4 Å². The fraction of sp³-hybridized carbons (Fsp3) is 0.500. The van der Waals surface area contributed by atoms with E-state index in [9.17, 15) is 0 Å². The molecule has 4 heteroatoms. The number of pyridine rings is 1. The van der Waals surface area contributed by atoms with Gasteiger partial charge < -0.3 is 15.0 Å². The van der Waals surface area contributed by atoms with E-state index >= 15 is 0 Å². The lowest BCUT2D eigenvalue weighted by atomic mass is 10.3. The van der Waals surface area contributed by atoms with Crippen molar-refractivity contribution < 1.29 is 0 Å². The van der Waals surface area contributed by atoms with Gasteiger partial charge in [0.1, 0.15) is 5.65 Å². The van der Waals surface area contributed by atoms with Crippen molar-refractivity contribution in [2.75, 3.05) is 19.6 Å². The molecule has 0 saturated carbocycles. The molecule has 0 aromatic carbocycles. The quantitative estimate of drug-likeness (QED) is 0.885. The summed E-state index contributed by atoms with van der Waals surface area (Å²) in [4.78, 5) is 7.18. The van der Waals surface area contributed by atoms with Gasteiger partial charge in [-0.15, -0.1) is 0 Å². The number of rotatable bonds is 4. The third-order valence-corrected chi connectivity index (χ3v) is 3.72. The average molecular weight is 244 g/mol. The molecule has 0 amide bonds. The number of aromatic nitrogens is 2. The van der Waals surface area contributed by atoms with Crippen molar-refractivity contribution >= 4 is 5.65 Å². The monoisotopic (exact) mass is 244 g/mol. The molecular formula is C14H20N4. The van der Waals surface area contributed by atoms with E-state index in [-0.39, 0.29) is 0 Å². The van der Waals surface area contributed by atoms with Crippen LogP contribution in [0.25, 0.3) is 5.65 Å². The molecule has 3 rings (SSSR count). The summed E-state index contributed by atoms with van der Waals surface area (Å²) in [5.74, 6) is 0. The lowest BCUT2D eigenvalue weighted by Crippen LogP contribution is -2.21. The predicted octanol–water partition coefficient (Wildman–Crippen LogP) is 1.43. The topological polar surface area (TPSA) is 46.6 Å². The van der Waals surface area contributed by atoms with Crippen LogP contribution in [0.5, 0.6) is 0 Å². The summed E-state index contributed by atoms with van der Waals surface area (Å²) in [7, 11) is 0. The third kappa shape index (κ3) is 2.26. The van der Waals surface area contributed by atoms with E-state index in [1.807, 2.05) is 12.1 Å². The van der Waals surface area contributed by atoms with E-state index in [1.54, 1.807) is 0 Å². The van der Waals surface area contributed by atoms with E-state index in [4.69, 9.17) is 5.73 Å². The summed E-state index contributed by atoms with van der Waals surface area (Å²) < 4.78 is 2.11. The maximum absolute atomic E-state index is 5.74. The highest BCUT2D eigenvalue weighted by Gasteiger charge is 2.12. The zero-order valence-corrected chi connectivity index (χ0v) is 10.7. The maximum atomic E-state index is 5.74. The summed E-state index contributed by atoms with van der Waals surface area (Å²) in [5, 5.41) is 0. The van der Waals surface area contributed by atoms with Gasteiger partial charge in [0.15, 0.2) is 0 Å². The number of nitrogens with two attached hydrogens (primary N) is 1. The van der Waals surface area contributed by atoms with E-state index in [0.29, 0.717) is 6.54 Å². The van der Waals surface area contributed by atoms with Gasteiger partial charge in [0.25, 0.3) is 0 Å². The Balaban J connectivity index is 1.76. The van der Waals surface area contributed by atoms with Crippen LogP contribution in [-0.4, -0.2) is 33.9 Å². The van der Waals surface area contributed by atoms with Gasteiger partial charge in [-0.3, -0.25) is 0 Å². The van der Waals surface area contributed by atoms with Crippen LogP contribution in [0.1, 0.15) is 24.2 Å². The van der Waals surface area contributed by atoms with Crippen molar-refractivity contribution in [2.45, 2.75) is 25.8 Å². The zero-order valence-electron chi connectivity index (χ0n) is 10.7. The first-order valence-corrected chi connectivity index (χ1v) is 6.75. The molecule has 1 aliphatic rings. The van der Waals surface area contributed by atoms with Crippen LogP contribution in [0.4, 0.5) is 0 Å². The Morgan fingerprint density at radius 1 is 1.22 bits per heavy atom. The molecule has 4 nitrogen and oxygen atoms in total. The Kier molecular flexibility index (Phi) is 3.30. The minimum Gasteiger partial charge on any atom is -0.325 e. The maximum Gasteiger partial charge on any atom is 0.137 e. The van der Waals surface area contributed by atoms with Crippen LogP contribution in [0.3, 0.4) is 0 Å². The molecule has 1 fully saturated rings. The molecule has 0 atom stereocenters. The molecule has 0 aliphatic carbocycles. The third-order valence-electron chi connectivity index (χ3n) is 3.72. The van der Waals surface area contributed by atoms with Crippen LogP contribution >= 0.6 is 0 Å². The number of hydrogen-bond acceptors (Lipinski definition) is 3. The minimum atomic E-state index is 0.555. The second kappa shape index (κ2) is 5.08. The second-order valence-corrected chi connectivity index (χ2v) is 4.98. The molecule has 2 aromatic rings. The van der Waals surface area contributed by atoms with Gasteiger partial charge in [-0.25, -0.2) is 4.98 Å². The van der Waals surface area contributed by atoms with Crippen LogP contribution in [-0.2, 0) is 13.0 Å². The largest absolute Gasteiger partial charge is 0.325 e. The molecule has 0 bridgehead atoms. The molecule has 1 aliphatic heterocycles. The van der Waals surface area contributed by atoms with Crippen LogP contribution < -0.4 is 5.73 Å². The summed E-state index contributed by atoms with van der Waals surface area (Å²) in [6.45, 7) is 4.18. The van der Waals surface area contributed by atoms with Crippen molar-refractivity contribution in [3.63, 3.8) is 0 Å². The average Bonchev–Trinajstić information content (AvgIpc) is 3.04. The van der Waals surface area contributed by atoms with Gasteiger partial charge in [0.2, 0.25) is 0 Å². The zero-order chi connectivity index (χ0) is 12.4. The normalized spacial score (nSPS) is 16.7. The standard InChI is InChI=1S/C14H20N4/c15-10-13-4-3-5-14-16-12(11-18(13)14)6-9-17-7-1-2-8-17/h3-5,11H,1-2,6-10,15H2. The Hall–Kier alpha value is -1.39. The predicted molar refractivity (Wildman–Crippen MR) is 72.5 cm³/mol. The Morgan fingerprint density at radius 3 is 2.83 bits per heavy atom. The minimum absolute atomic E-state index is 0.555. The smallest absolute Gasteiger partial charge is 0.137 e. The number of fused-ring (bicyclic) bond motifs is 1. The van der Waals surface area contributed by atoms with Crippen molar-refractivity contribution in [2.24, 2.45) is 5.73 Å². The van der Waals surface area contributed by atoms with Crippen LogP contribution in [0.15, 0.2) is 24.4 Å². The Labute approximate surface area is 107 Å². The first-order chi connectivity index (χ1) is 8.86. The van der Waals surface area contributed by atoms with Gasteiger partial charge in [-0.05, 0) is 38.1 Å². The van der Waals surface area contributed by atoms with E-state index in [2.05, 4.69) is 26.5 Å². The van der Waals surface area contributed by atoms with Crippen molar-refractivity contribution in [3.8, 4) is 0 Å².